The smallest absolute Gasteiger partial charge is 0.144 e. The molecule has 1 aromatic rings. The highest BCUT2D eigenvalue weighted by Gasteiger charge is 2.14. The molecule has 4 heteroatoms. The number of nitriles is 1. The molecule has 0 amide bonds. The molecular weight excluding hydrogens is 254 g/mol. The van der Waals surface area contributed by atoms with Gasteiger partial charge < -0.3 is 14.2 Å². The lowest BCUT2D eigenvalue weighted by molar-refractivity contribution is 0.285. The van der Waals surface area contributed by atoms with Gasteiger partial charge in [0.2, 0.25) is 0 Å². The van der Waals surface area contributed by atoms with Gasteiger partial charge >= 0.3 is 0 Å². The van der Waals surface area contributed by atoms with Gasteiger partial charge in [0.15, 0.2) is 0 Å². The summed E-state index contributed by atoms with van der Waals surface area (Å²) in [6.07, 6.45) is 2.70. The first-order valence-corrected chi connectivity index (χ1v) is 7.23. The van der Waals surface area contributed by atoms with Crippen LogP contribution in [0.1, 0.15) is 45.6 Å². The molecule has 0 unspecified atom stereocenters. The van der Waals surface area contributed by atoms with Crippen molar-refractivity contribution in [3.8, 4) is 23.3 Å². The molecule has 110 valence electrons. The maximum Gasteiger partial charge on any atom is 0.144 e. The third kappa shape index (κ3) is 4.65. The van der Waals surface area contributed by atoms with Crippen molar-refractivity contribution in [2.75, 3.05) is 19.8 Å². The van der Waals surface area contributed by atoms with Gasteiger partial charge in [-0.2, -0.15) is 5.26 Å². The highest BCUT2D eigenvalue weighted by Crippen LogP contribution is 2.34. The van der Waals surface area contributed by atoms with E-state index in [1.807, 2.05) is 20.8 Å². The van der Waals surface area contributed by atoms with E-state index in [1.54, 1.807) is 12.1 Å². The van der Waals surface area contributed by atoms with Gasteiger partial charge in [-0.15, -0.1) is 0 Å². The summed E-state index contributed by atoms with van der Waals surface area (Å²) < 4.78 is 16.9. The van der Waals surface area contributed by atoms with E-state index in [0.29, 0.717) is 42.6 Å². The lowest BCUT2D eigenvalue weighted by Gasteiger charge is -2.14. The number of nitrogens with zero attached hydrogens (tertiary/aromatic N) is 1. The molecule has 0 aliphatic heterocycles. The zero-order chi connectivity index (χ0) is 14.8. The van der Waals surface area contributed by atoms with E-state index in [4.69, 9.17) is 14.2 Å². The Morgan fingerprint density at radius 3 is 1.70 bits per heavy atom. The zero-order valence-electron chi connectivity index (χ0n) is 12.6. The maximum absolute atomic E-state index is 9.31. The van der Waals surface area contributed by atoms with Crippen LogP contribution < -0.4 is 14.2 Å². The van der Waals surface area contributed by atoms with Crippen molar-refractivity contribution < 1.29 is 14.2 Å². The summed E-state index contributed by atoms with van der Waals surface area (Å²) in [7, 11) is 0. The average Bonchev–Trinajstić information content (AvgIpc) is 2.48. The highest BCUT2D eigenvalue weighted by atomic mass is 16.5. The van der Waals surface area contributed by atoms with Crippen molar-refractivity contribution in [2.24, 2.45) is 0 Å². The van der Waals surface area contributed by atoms with Crippen LogP contribution in [0.4, 0.5) is 0 Å². The fourth-order valence-corrected chi connectivity index (χ4v) is 1.63. The molecule has 0 heterocycles. The van der Waals surface area contributed by atoms with Crippen LogP contribution in [0.5, 0.6) is 17.2 Å². The summed E-state index contributed by atoms with van der Waals surface area (Å²) in [5.74, 6) is 1.76. The molecule has 1 rings (SSSR count). The largest absolute Gasteiger partial charge is 0.493 e. The van der Waals surface area contributed by atoms with E-state index in [-0.39, 0.29) is 0 Å². The molecular formula is C16H23NO3. The normalized spacial score (nSPS) is 9.90. The van der Waals surface area contributed by atoms with Gasteiger partial charge in [0.1, 0.15) is 28.9 Å². The number of hydrogen-bond acceptors (Lipinski definition) is 4. The van der Waals surface area contributed by atoms with Gasteiger partial charge in [-0.3, -0.25) is 0 Å². The first kappa shape index (κ1) is 16.2. The van der Waals surface area contributed by atoms with E-state index in [1.165, 1.54) is 0 Å². The molecule has 0 bridgehead atoms. The molecule has 0 aliphatic carbocycles. The van der Waals surface area contributed by atoms with E-state index in [9.17, 15) is 5.26 Å². The van der Waals surface area contributed by atoms with Crippen LogP contribution in [0.25, 0.3) is 0 Å². The first-order valence-electron chi connectivity index (χ1n) is 7.23. The Morgan fingerprint density at radius 1 is 0.850 bits per heavy atom. The van der Waals surface area contributed by atoms with Crippen LogP contribution in [0.3, 0.4) is 0 Å². The minimum atomic E-state index is 0.441. The number of benzene rings is 1. The molecule has 0 atom stereocenters. The van der Waals surface area contributed by atoms with E-state index >= 15 is 0 Å². The van der Waals surface area contributed by atoms with E-state index < -0.39 is 0 Å². The Balaban J connectivity index is 3.06. The second-order valence-electron chi connectivity index (χ2n) is 4.45. The lowest BCUT2D eigenvalue weighted by atomic mass is 10.2. The Morgan fingerprint density at radius 2 is 1.30 bits per heavy atom. The minimum absolute atomic E-state index is 0.441. The molecule has 20 heavy (non-hydrogen) atoms. The summed E-state index contributed by atoms with van der Waals surface area (Å²) in [6, 6.07) is 5.69. The fourth-order valence-electron chi connectivity index (χ4n) is 1.63. The molecule has 0 aliphatic rings. The van der Waals surface area contributed by atoms with Gasteiger partial charge in [0.05, 0.1) is 19.8 Å². The van der Waals surface area contributed by atoms with E-state index in [2.05, 4.69) is 6.07 Å². The van der Waals surface area contributed by atoms with Crippen molar-refractivity contribution in [3.05, 3.63) is 17.7 Å². The van der Waals surface area contributed by atoms with Crippen LogP contribution in [0.2, 0.25) is 0 Å². The second kappa shape index (κ2) is 9.08. The lowest BCUT2D eigenvalue weighted by Crippen LogP contribution is -2.04. The standard InChI is InChI=1S/C16H23NO3/c1-4-7-18-13-10-15(19-8-5-2)14(12-17)16(11-13)20-9-6-3/h10-11H,4-9H2,1-3H3. The highest BCUT2D eigenvalue weighted by molar-refractivity contribution is 5.57. The van der Waals surface area contributed by atoms with Gasteiger partial charge in [-0.25, -0.2) is 0 Å². The fraction of sp³-hybridized carbons (Fsp3) is 0.562. The van der Waals surface area contributed by atoms with Crippen molar-refractivity contribution in [3.63, 3.8) is 0 Å². The first-order chi connectivity index (χ1) is 9.76. The van der Waals surface area contributed by atoms with Gasteiger partial charge in [0, 0.05) is 12.1 Å². The molecule has 0 saturated carbocycles. The molecule has 1 aromatic carbocycles. The second-order valence-corrected chi connectivity index (χ2v) is 4.45. The molecule has 0 spiro atoms. The summed E-state index contributed by atoms with van der Waals surface area (Å²) >= 11 is 0. The summed E-state index contributed by atoms with van der Waals surface area (Å²) in [5, 5.41) is 9.31. The topological polar surface area (TPSA) is 51.5 Å². The Labute approximate surface area is 121 Å². The zero-order valence-corrected chi connectivity index (χ0v) is 12.6. The van der Waals surface area contributed by atoms with Crippen molar-refractivity contribution >= 4 is 0 Å². The van der Waals surface area contributed by atoms with Gasteiger partial charge in [0.25, 0.3) is 0 Å². The average molecular weight is 277 g/mol. The predicted molar refractivity (Wildman–Crippen MR) is 78.5 cm³/mol. The Hall–Kier alpha value is -1.89. The third-order valence-electron chi connectivity index (χ3n) is 2.55. The van der Waals surface area contributed by atoms with Crippen LogP contribution in [-0.4, -0.2) is 19.8 Å². The van der Waals surface area contributed by atoms with Crippen LogP contribution in [0.15, 0.2) is 12.1 Å². The predicted octanol–water partition coefficient (Wildman–Crippen LogP) is 3.92. The quantitative estimate of drug-likeness (QED) is 0.686. The number of rotatable bonds is 9. The van der Waals surface area contributed by atoms with Crippen molar-refractivity contribution in [1.82, 2.24) is 0 Å². The van der Waals surface area contributed by atoms with Crippen molar-refractivity contribution in [2.45, 2.75) is 40.0 Å². The van der Waals surface area contributed by atoms with Crippen molar-refractivity contribution in [1.29, 1.82) is 5.26 Å². The maximum atomic E-state index is 9.31. The SMILES string of the molecule is CCCOc1cc(OCCC)c(C#N)c(OCCC)c1. The van der Waals surface area contributed by atoms with Crippen LogP contribution >= 0.6 is 0 Å². The summed E-state index contributed by atoms with van der Waals surface area (Å²) in [4.78, 5) is 0. The number of ether oxygens (including phenoxy) is 3. The Kier molecular flexibility index (Phi) is 7.34. The van der Waals surface area contributed by atoms with Crippen LogP contribution in [0, 0.1) is 11.3 Å². The number of hydrogen-bond donors (Lipinski definition) is 0. The van der Waals surface area contributed by atoms with Gasteiger partial charge in [-0.05, 0) is 19.3 Å². The minimum Gasteiger partial charge on any atom is -0.493 e. The molecule has 0 N–H and O–H groups in total. The molecule has 4 nitrogen and oxygen atoms in total. The monoisotopic (exact) mass is 277 g/mol. The van der Waals surface area contributed by atoms with E-state index in [0.717, 1.165) is 19.3 Å². The Bertz CT molecular complexity index is 423. The summed E-state index contributed by atoms with van der Waals surface area (Å²) in [6.45, 7) is 7.87. The molecule has 0 fully saturated rings. The molecule has 0 aromatic heterocycles. The molecule has 0 radical (unpaired) electrons. The summed E-state index contributed by atoms with van der Waals surface area (Å²) in [5.41, 5.74) is 0.441. The van der Waals surface area contributed by atoms with Crippen LogP contribution in [-0.2, 0) is 0 Å². The van der Waals surface area contributed by atoms with Gasteiger partial charge in [-0.1, -0.05) is 20.8 Å². The third-order valence-corrected chi connectivity index (χ3v) is 2.55. The molecule has 0 saturated heterocycles.